The molecule has 14 heavy (non-hydrogen) atoms. The minimum atomic E-state index is 1.08. The van der Waals surface area contributed by atoms with Crippen molar-refractivity contribution in [1.82, 2.24) is 9.55 Å². The summed E-state index contributed by atoms with van der Waals surface area (Å²) in [5, 5.41) is 0. The number of hydrogen-bond acceptors (Lipinski definition) is 1. The standard InChI is InChI=1S/C12H16N2/c1-3-4-8-14-9-13-12-10(2)6-5-7-11(12)14/h5-7,9H,3-4,8H2,1-2H3. The van der Waals surface area contributed by atoms with Crippen molar-refractivity contribution in [2.45, 2.75) is 33.2 Å². The maximum absolute atomic E-state index is 4.43. The average Bonchev–Trinajstić information content (AvgIpc) is 2.60. The van der Waals surface area contributed by atoms with Crippen molar-refractivity contribution in [3.05, 3.63) is 30.1 Å². The lowest BCUT2D eigenvalue weighted by Gasteiger charge is -2.02. The molecule has 2 nitrogen and oxygen atoms in total. The van der Waals surface area contributed by atoms with E-state index in [1.54, 1.807) is 0 Å². The van der Waals surface area contributed by atoms with Gasteiger partial charge in [0.15, 0.2) is 0 Å². The number of hydrogen-bond donors (Lipinski definition) is 0. The number of aryl methyl sites for hydroxylation is 2. The molecule has 0 spiro atoms. The fraction of sp³-hybridized carbons (Fsp3) is 0.417. The van der Waals surface area contributed by atoms with Crippen LogP contribution in [0.2, 0.25) is 0 Å². The Kier molecular flexibility index (Phi) is 2.53. The molecule has 0 aliphatic heterocycles. The van der Waals surface area contributed by atoms with E-state index in [9.17, 15) is 0 Å². The molecule has 0 atom stereocenters. The number of benzene rings is 1. The summed E-state index contributed by atoms with van der Waals surface area (Å²) in [4.78, 5) is 4.43. The molecular weight excluding hydrogens is 172 g/mol. The molecule has 2 heteroatoms. The van der Waals surface area contributed by atoms with Gasteiger partial charge in [-0.1, -0.05) is 25.5 Å². The van der Waals surface area contributed by atoms with Crippen molar-refractivity contribution < 1.29 is 0 Å². The molecular formula is C12H16N2. The van der Waals surface area contributed by atoms with E-state index in [4.69, 9.17) is 0 Å². The van der Waals surface area contributed by atoms with Gasteiger partial charge in [0.1, 0.15) is 0 Å². The third-order valence-corrected chi connectivity index (χ3v) is 2.60. The number of aromatic nitrogens is 2. The van der Waals surface area contributed by atoms with Gasteiger partial charge in [0.25, 0.3) is 0 Å². The molecule has 0 radical (unpaired) electrons. The van der Waals surface area contributed by atoms with Crippen molar-refractivity contribution in [3.63, 3.8) is 0 Å². The van der Waals surface area contributed by atoms with Crippen LogP contribution in [0.3, 0.4) is 0 Å². The Morgan fingerprint density at radius 3 is 3.00 bits per heavy atom. The van der Waals surface area contributed by atoms with Crippen LogP contribution in [-0.4, -0.2) is 9.55 Å². The number of nitrogens with zero attached hydrogens (tertiary/aromatic N) is 2. The highest BCUT2D eigenvalue weighted by molar-refractivity contribution is 5.78. The SMILES string of the molecule is CCCCn1cnc2c(C)cccc21. The van der Waals surface area contributed by atoms with Crippen LogP contribution in [0.5, 0.6) is 0 Å². The number of rotatable bonds is 3. The highest BCUT2D eigenvalue weighted by Crippen LogP contribution is 2.16. The number of para-hydroxylation sites is 1. The molecule has 74 valence electrons. The predicted octanol–water partition coefficient (Wildman–Crippen LogP) is 3.14. The first-order valence-corrected chi connectivity index (χ1v) is 5.23. The minimum Gasteiger partial charge on any atom is -0.331 e. The lowest BCUT2D eigenvalue weighted by atomic mass is 10.2. The third kappa shape index (κ3) is 1.52. The van der Waals surface area contributed by atoms with Gasteiger partial charge in [-0.2, -0.15) is 0 Å². The molecule has 1 aromatic heterocycles. The zero-order valence-corrected chi connectivity index (χ0v) is 8.83. The summed E-state index contributed by atoms with van der Waals surface area (Å²) in [5.41, 5.74) is 3.67. The van der Waals surface area contributed by atoms with Crippen LogP contribution < -0.4 is 0 Å². The molecule has 0 saturated carbocycles. The van der Waals surface area contributed by atoms with Gasteiger partial charge in [0.05, 0.1) is 17.4 Å². The Bertz CT molecular complexity index is 429. The molecule has 0 saturated heterocycles. The highest BCUT2D eigenvalue weighted by atomic mass is 15.0. The Labute approximate surface area is 84.6 Å². The average molecular weight is 188 g/mol. The predicted molar refractivity (Wildman–Crippen MR) is 59.4 cm³/mol. The molecule has 0 bridgehead atoms. The van der Waals surface area contributed by atoms with Crippen molar-refractivity contribution in [2.75, 3.05) is 0 Å². The Morgan fingerprint density at radius 2 is 2.21 bits per heavy atom. The van der Waals surface area contributed by atoms with Crippen molar-refractivity contribution in [1.29, 1.82) is 0 Å². The van der Waals surface area contributed by atoms with Crippen LogP contribution in [0.15, 0.2) is 24.5 Å². The lowest BCUT2D eigenvalue weighted by molar-refractivity contribution is 0.646. The lowest BCUT2D eigenvalue weighted by Crippen LogP contribution is -1.94. The van der Waals surface area contributed by atoms with Gasteiger partial charge in [-0.25, -0.2) is 4.98 Å². The second-order valence-electron chi connectivity index (χ2n) is 3.73. The second kappa shape index (κ2) is 3.82. The summed E-state index contributed by atoms with van der Waals surface area (Å²) >= 11 is 0. The smallest absolute Gasteiger partial charge is 0.0958 e. The molecule has 2 rings (SSSR count). The first-order chi connectivity index (χ1) is 6.83. The van der Waals surface area contributed by atoms with E-state index >= 15 is 0 Å². The maximum atomic E-state index is 4.43. The Morgan fingerprint density at radius 1 is 1.36 bits per heavy atom. The van der Waals surface area contributed by atoms with E-state index in [-0.39, 0.29) is 0 Å². The summed E-state index contributed by atoms with van der Waals surface area (Å²) in [7, 11) is 0. The van der Waals surface area contributed by atoms with Crippen LogP contribution in [0.1, 0.15) is 25.3 Å². The van der Waals surface area contributed by atoms with E-state index in [1.165, 1.54) is 23.9 Å². The molecule has 0 N–H and O–H groups in total. The zero-order chi connectivity index (χ0) is 9.97. The van der Waals surface area contributed by atoms with E-state index in [2.05, 4.69) is 41.6 Å². The normalized spacial score (nSPS) is 11.0. The van der Waals surface area contributed by atoms with Gasteiger partial charge in [-0.05, 0) is 25.0 Å². The third-order valence-electron chi connectivity index (χ3n) is 2.60. The van der Waals surface area contributed by atoms with Gasteiger partial charge in [0.2, 0.25) is 0 Å². The quantitative estimate of drug-likeness (QED) is 0.723. The van der Waals surface area contributed by atoms with Gasteiger partial charge in [-0.15, -0.1) is 0 Å². The summed E-state index contributed by atoms with van der Waals surface area (Å²) in [6, 6.07) is 6.35. The van der Waals surface area contributed by atoms with Crippen LogP contribution in [-0.2, 0) is 6.54 Å². The summed E-state index contributed by atoms with van der Waals surface area (Å²) in [6.07, 6.45) is 4.40. The second-order valence-corrected chi connectivity index (χ2v) is 3.73. The van der Waals surface area contributed by atoms with E-state index in [1.807, 2.05) is 6.33 Å². The monoisotopic (exact) mass is 188 g/mol. The van der Waals surface area contributed by atoms with Crippen LogP contribution in [0, 0.1) is 6.92 Å². The van der Waals surface area contributed by atoms with E-state index < -0.39 is 0 Å². The molecule has 0 amide bonds. The first kappa shape index (κ1) is 9.25. The summed E-state index contributed by atoms with van der Waals surface area (Å²) < 4.78 is 2.24. The van der Waals surface area contributed by atoms with Crippen LogP contribution in [0.4, 0.5) is 0 Å². The van der Waals surface area contributed by atoms with Gasteiger partial charge >= 0.3 is 0 Å². The summed E-state index contributed by atoms with van der Waals surface area (Å²) in [5.74, 6) is 0. The number of imidazole rings is 1. The van der Waals surface area contributed by atoms with Gasteiger partial charge in [0, 0.05) is 6.54 Å². The van der Waals surface area contributed by atoms with Gasteiger partial charge in [-0.3, -0.25) is 0 Å². The molecule has 0 unspecified atom stereocenters. The number of fused-ring (bicyclic) bond motifs is 1. The molecule has 2 aromatic rings. The minimum absolute atomic E-state index is 1.08. The largest absolute Gasteiger partial charge is 0.331 e. The molecule has 0 aliphatic carbocycles. The van der Waals surface area contributed by atoms with Crippen molar-refractivity contribution in [3.8, 4) is 0 Å². The van der Waals surface area contributed by atoms with Crippen LogP contribution >= 0.6 is 0 Å². The topological polar surface area (TPSA) is 17.8 Å². The molecule has 1 heterocycles. The molecule has 0 aliphatic rings. The zero-order valence-electron chi connectivity index (χ0n) is 8.83. The van der Waals surface area contributed by atoms with Crippen LogP contribution in [0.25, 0.3) is 11.0 Å². The fourth-order valence-electron chi connectivity index (χ4n) is 1.74. The highest BCUT2D eigenvalue weighted by Gasteiger charge is 2.02. The maximum Gasteiger partial charge on any atom is 0.0958 e. The Balaban J connectivity index is 2.42. The molecule has 0 fully saturated rings. The van der Waals surface area contributed by atoms with Crippen molar-refractivity contribution >= 4 is 11.0 Å². The van der Waals surface area contributed by atoms with E-state index in [0.29, 0.717) is 0 Å². The van der Waals surface area contributed by atoms with E-state index in [0.717, 1.165) is 12.1 Å². The summed E-state index contributed by atoms with van der Waals surface area (Å²) in [6.45, 7) is 5.40. The Hall–Kier alpha value is -1.31. The fourth-order valence-corrected chi connectivity index (χ4v) is 1.74. The molecule has 1 aromatic carbocycles. The van der Waals surface area contributed by atoms with Crippen molar-refractivity contribution in [2.24, 2.45) is 0 Å². The first-order valence-electron chi connectivity index (χ1n) is 5.23. The van der Waals surface area contributed by atoms with Gasteiger partial charge < -0.3 is 4.57 Å². The number of unbranched alkanes of at least 4 members (excludes halogenated alkanes) is 1.